The van der Waals surface area contributed by atoms with Crippen LogP contribution in [0.5, 0.6) is 0 Å². The zero-order valence-corrected chi connectivity index (χ0v) is 17.7. The number of hydrogen-bond acceptors (Lipinski definition) is 4. The first-order valence-corrected chi connectivity index (χ1v) is 10.4. The standard InChI is InChI=1S/C21H27N3O2S.ClH/c1-15-10-11-22-14-19(15)24-21(26)16-5-2-6-17(13-16)23-20(25)9-3-7-18-8-4-12-27-18;/h2,4-6,8,12-13,15,19,22H,3,7,9-11,14H2,1H3,(H,23,25)(H,24,26);1H. The molecule has 28 heavy (non-hydrogen) atoms. The summed E-state index contributed by atoms with van der Waals surface area (Å²) in [6.07, 6.45) is 3.27. The second-order valence-corrected chi connectivity index (χ2v) is 8.14. The van der Waals surface area contributed by atoms with E-state index < -0.39 is 0 Å². The molecule has 0 aliphatic carbocycles. The zero-order chi connectivity index (χ0) is 19.1. The number of carbonyl (C=O) groups excluding carboxylic acids is 2. The number of amides is 2. The van der Waals surface area contributed by atoms with Crippen LogP contribution in [0.3, 0.4) is 0 Å². The SMILES string of the molecule is CC1CCNCC1NC(=O)c1cccc(NC(=O)CCCc2cccs2)c1.Cl. The Hall–Kier alpha value is -1.89. The van der Waals surface area contributed by atoms with Gasteiger partial charge < -0.3 is 16.0 Å². The number of thiophene rings is 1. The molecule has 0 bridgehead atoms. The average molecular weight is 422 g/mol. The number of piperidine rings is 1. The van der Waals surface area contributed by atoms with Crippen LogP contribution in [0.4, 0.5) is 5.69 Å². The van der Waals surface area contributed by atoms with E-state index in [-0.39, 0.29) is 30.3 Å². The molecule has 152 valence electrons. The van der Waals surface area contributed by atoms with Crippen LogP contribution < -0.4 is 16.0 Å². The van der Waals surface area contributed by atoms with Crippen LogP contribution in [0.15, 0.2) is 41.8 Å². The molecule has 3 rings (SSSR count). The van der Waals surface area contributed by atoms with Crippen LogP contribution in [0.2, 0.25) is 0 Å². The highest BCUT2D eigenvalue weighted by atomic mass is 35.5. The van der Waals surface area contributed by atoms with Crippen LogP contribution >= 0.6 is 23.7 Å². The Balaban J connectivity index is 0.00000280. The van der Waals surface area contributed by atoms with Crippen LogP contribution in [-0.4, -0.2) is 30.9 Å². The van der Waals surface area contributed by atoms with Gasteiger partial charge in [-0.1, -0.05) is 19.1 Å². The minimum Gasteiger partial charge on any atom is -0.348 e. The van der Waals surface area contributed by atoms with Gasteiger partial charge >= 0.3 is 0 Å². The molecule has 1 aliphatic rings. The fraction of sp³-hybridized carbons (Fsp3) is 0.429. The molecule has 2 unspecified atom stereocenters. The molecule has 0 spiro atoms. The van der Waals surface area contributed by atoms with E-state index in [1.165, 1.54) is 4.88 Å². The Bertz CT molecular complexity index is 767. The summed E-state index contributed by atoms with van der Waals surface area (Å²) in [4.78, 5) is 26.0. The average Bonchev–Trinajstić information content (AvgIpc) is 3.17. The number of anilines is 1. The number of benzene rings is 1. The van der Waals surface area contributed by atoms with Gasteiger partial charge in [0, 0.05) is 35.1 Å². The smallest absolute Gasteiger partial charge is 0.251 e. The molecule has 1 fully saturated rings. The number of aryl methyl sites for hydroxylation is 1. The van der Waals surface area contributed by atoms with Crippen LogP contribution in [0.25, 0.3) is 0 Å². The lowest BCUT2D eigenvalue weighted by Crippen LogP contribution is -2.50. The highest BCUT2D eigenvalue weighted by Crippen LogP contribution is 2.16. The van der Waals surface area contributed by atoms with Gasteiger partial charge in [0.2, 0.25) is 5.91 Å². The summed E-state index contributed by atoms with van der Waals surface area (Å²) in [7, 11) is 0. The molecule has 2 heterocycles. The molecule has 3 N–H and O–H groups in total. The fourth-order valence-corrected chi connectivity index (χ4v) is 4.03. The van der Waals surface area contributed by atoms with E-state index in [0.717, 1.165) is 32.4 Å². The molecule has 5 nitrogen and oxygen atoms in total. The Morgan fingerprint density at radius 3 is 2.86 bits per heavy atom. The first kappa shape index (κ1) is 22.4. The Morgan fingerprint density at radius 1 is 1.25 bits per heavy atom. The maximum atomic E-state index is 12.5. The molecule has 0 saturated carbocycles. The van der Waals surface area contributed by atoms with Crippen LogP contribution in [0, 0.1) is 5.92 Å². The first-order chi connectivity index (χ1) is 13.1. The van der Waals surface area contributed by atoms with Crippen molar-refractivity contribution in [2.75, 3.05) is 18.4 Å². The van der Waals surface area contributed by atoms with Crippen LogP contribution in [-0.2, 0) is 11.2 Å². The highest BCUT2D eigenvalue weighted by molar-refractivity contribution is 7.09. The van der Waals surface area contributed by atoms with Crippen molar-refractivity contribution >= 4 is 41.2 Å². The van der Waals surface area contributed by atoms with Gasteiger partial charge in [0.15, 0.2) is 0 Å². The van der Waals surface area contributed by atoms with Crippen molar-refractivity contribution in [3.8, 4) is 0 Å². The summed E-state index contributed by atoms with van der Waals surface area (Å²) in [6.45, 7) is 3.97. The maximum absolute atomic E-state index is 12.5. The summed E-state index contributed by atoms with van der Waals surface area (Å²) < 4.78 is 0. The molecule has 1 aliphatic heterocycles. The molecule has 0 radical (unpaired) electrons. The molecule has 1 aromatic heterocycles. The predicted molar refractivity (Wildman–Crippen MR) is 117 cm³/mol. The fourth-order valence-electron chi connectivity index (χ4n) is 3.27. The lowest BCUT2D eigenvalue weighted by atomic mass is 9.94. The minimum atomic E-state index is -0.0932. The van der Waals surface area contributed by atoms with Crippen molar-refractivity contribution in [1.82, 2.24) is 10.6 Å². The summed E-state index contributed by atoms with van der Waals surface area (Å²) in [5, 5.41) is 11.4. The third kappa shape index (κ3) is 6.62. The third-order valence-electron chi connectivity index (χ3n) is 4.96. The summed E-state index contributed by atoms with van der Waals surface area (Å²) in [5.74, 6) is 0.347. The van der Waals surface area contributed by atoms with Gasteiger partial charge in [0.1, 0.15) is 0 Å². The van der Waals surface area contributed by atoms with Gasteiger partial charge in [-0.05, 0) is 61.4 Å². The van der Waals surface area contributed by atoms with Gasteiger partial charge in [-0.25, -0.2) is 0 Å². The van der Waals surface area contributed by atoms with Crippen molar-refractivity contribution in [3.63, 3.8) is 0 Å². The second-order valence-electron chi connectivity index (χ2n) is 7.11. The van der Waals surface area contributed by atoms with E-state index in [1.54, 1.807) is 29.5 Å². The largest absolute Gasteiger partial charge is 0.348 e. The molecular formula is C21H28ClN3O2S. The van der Waals surface area contributed by atoms with Gasteiger partial charge in [-0.15, -0.1) is 23.7 Å². The predicted octanol–water partition coefficient (Wildman–Crippen LogP) is 3.86. The topological polar surface area (TPSA) is 70.2 Å². The van der Waals surface area contributed by atoms with Crippen molar-refractivity contribution in [3.05, 3.63) is 52.2 Å². The molecule has 2 amide bonds. The van der Waals surface area contributed by atoms with E-state index in [1.807, 2.05) is 12.1 Å². The highest BCUT2D eigenvalue weighted by Gasteiger charge is 2.23. The molecule has 7 heteroatoms. The quantitative estimate of drug-likeness (QED) is 0.635. The van der Waals surface area contributed by atoms with E-state index in [0.29, 0.717) is 23.6 Å². The number of halogens is 1. The molecule has 1 saturated heterocycles. The van der Waals surface area contributed by atoms with Crippen molar-refractivity contribution < 1.29 is 9.59 Å². The van der Waals surface area contributed by atoms with Crippen molar-refractivity contribution in [2.45, 2.75) is 38.6 Å². The van der Waals surface area contributed by atoms with Gasteiger partial charge in [-0.2, -0.15) is 0 Å². The molecule has 2 atom stereocenters. The van der Waals surface area contributed by atoms with E-state index in [9.17, 15) is 9.59 Å². The zero-order valence-electron chi connectivity index (χ0n) is 16.1. The molecule has 2 aromatic rings. The number of rotatable bonds is 7. The number of carbonyl (C=O) groups is 2. The first-order valence-electron chi connectivity index (χ1n) is 9.55. The van der Waals surface area contributed by atoms with E-state index in [2.05, 4.69) is 34.3 Å². The van der Waals surface area contributed by atoms with E-state index >= 15 is 0 Å². The van der Waals surface area contributed by atoms with Crippen molar-refractivity contribution in [2.24, 2.45) is 5.92 Å². The monoisotopic (exact) mass is 421 g/mol. The summed E-state index contributed by atoms with van der Waals surface area (Å²) in [6, 6.07) is 11.4. The lowest BCUT2D eigenvalue weighted by Gasteiger charge is -2.30. The Kier molecular flexibility index (Phi) is 8.96. The van der Waals surface area contributed by atoms with E-state index in [4.69, 9.17) is 0 Å². The van der Waals surface area contributed by atoms with Gasteiger partial charge in [0.25, 0.3) is 5.91 Å². The lowest BCUT2D eigenvalue weighted by molar-refractivity contribution is -0.116. The summed E-state index contributed by atoms with van der Waals surface area (Å²) in [5.41, 5.74) is 1.24. The van der Waals surface area contributed by atoms with Gasteiger partial charge in [-0.3, -0.25) is 9.59 Å². The third-order valence-corrected chi connectivity index (χ3v) is 5.90. The van der Waals surface area contributed by atoms with Gasteiger partial charge in [0.05, 0.1) is 0 Å². The summed E-state index contributed by atoms with van der Waals surface area (Å²) >= 11 is 1.72. The maximum Gasteiger partial charge on any atom is 0.251 e. The van der Waals surface area contributed by atoms with Crippen molar-refractivity contribution in [1.29, 1.82) is 0 Å². The Morgan fingerprint density at radius 2 is 2.11 bits per heavy atom. The minimum absolute atomic E-state index is 0. The number of hydrogen-bond donors (Lipinski definition) is 3. The number of nitrogens with one attached hydrogen (secondary N) is 3. The second kappa shape index (κ2) is 11.2. The van der Waals surface area contributed by atoms with Crippen LogP contribution in [0.1, 0.15) is 41.4 Å². The molecular weight excluding hydrogens is 394 g/mol. The normalized spacial score (nSPS) is 18.8. The molecule has 1 aromatic carbocycles. The Labute approximate surface area is 176 Å².